The van der Waals surface area contributed by atoms with Crippen LogP contribution < -0.4 is 10.2 Å². The number of anilines is 1. The fourth-order valence-electron chi connectivity index (χ4n) is 3.11. The molecule has 1 fully saturated rings. The van der Waals surface area contributed by atoms with Crippen molar-refractivity contribution in [1.82, 2.24) is 10.5 Å². The Labute approximate surface area is 156 Å². The van der Waals surface area contributed by atoms with Gasteiger partial charge in [0.1, 0.15) is 0 Å². The van der Waals surface area contributed by atoms with Crippen LogP contribution in [0.15, 0.2) is 65.2 Å². The highest BCUT2D eigenvalue weighted by molar-refractivity contribution is 5.95. The lowest BCUT2D eigenvalue weighted by molar-refractivity contribution is -0.117. The summed E-state index contributed by atoms with van der Waals surface area (Å²) in [7, 11) is 0. The summed E-state index contributed by atoms with van der Waals surface area (Å²) >= 11 is 0. The SMILES string of the molecule is O=C(NCc1ccc(N2CCCC2=O)cc1)c1cc(-c2ccccc2)on1. The molecule has 0 aliphatic carbocycles. The third kappa shape index (κ3) is 3.74. The first kappa shape index (κ1) is 17.0. The van der Waals surface area contributed by atoms with Crippen LogP contribution in [0.4, 0.5) is 5.69 Å². The van der Waals surface area contributed by atoms with Gasteiger partial charge in [-0.05, 0) is 24.1 Å². The van der Waals surface area contributed by atoms with Crippen molar-refractivity contribution < 1.29 is 14.1 Å². The Bertz CT molecular complexity index is 948. The quantitative estimate of drug-likeness (QED) is 0.756. The van der Waals surface area contributed by atoms with Gasteiger partial charge in [0.25, 0.3) is 5.91 Å². The molecule has 1 aliphatic rings. The number of aromatic nitrogens is 1. The zero-order valence-electron chi connectivity index (χ0n) is 14.7. The van der Waals surface area contributed by atoms with Crippen LogP contribution in [-0.4, -0.2) is 23.5 Å². The van der Waals surface area contributed by atoms with E-state index in [1.807, 2.05) is 54.6 Å². The molecule has 0 unspecified atom stereocenters. The highest BCUT2D eigenvalue weighted by atomic mass is 16.5. The minimum Gasteiger partial charge on any atom is -0.355 e. The van der Waals surface area contributed by atoms with Crippen LogP contribution in [0.5, 0.6) is 0 Å². The maximum Gasteiger partial charge on any atom is 0.273 e. The summed E-state index contributed by atoms with van der Waals surface area (Å²) in [6, 6.07) is 18.8. The van der Waals surface area contributed by atoms with Crippen molar-refractivity contribution in [3.63, 3.8) is 0 Å². The minimum absolute atomic E-state index is 0.163. The molecule has 1 aromatic heterocycles. The third-order valence-electron chi connectivity index (χ3n) is 4.58. The molecule has 2 aromatic carbocycles. The van der Waals surface area contributed by atoms with E-state index in [2.05, 4.69) is 10.5 Å². The Morgan fingerprint density at radius 2 is 1.89 bits per heavy atom. The number of hydrogen-bond donors (Lipinski definition) is 1. The molecule has 136 valence electrons. The second-order valence-corrected chi connectivity index (χ2v) is 6.44. The zero-order chi connectivity index (χ0) is 18.6. The first-order valence-corrected chi connectivity index (χ1v) is 8.90. The van der Waals surface area contributed by atoms with Crippen molar-refractivity contribution >= 4 is 17.5 Å². The van der Waals surface area contributed by atoms with E-state index in [-0.39, 0.29) is 17.5 Å². The molecule has 0 radical (unpaired) electrons. The van der Waals surface area contributed by atoms with E-state index in [9.17, 15) is 9.59 Å². The number of amides is 2. The molecule has 0 spiro atoms. The van der Waals surface area contributed by atoms with E-state index in [1.54, 1.807) is 11.0 Å². The molecule has 0 atom stereocenters. The lowest BCUT2D eigenvalue weighted by atomic mass is 10.1. The van der Waals surface area contributed by atoms with Crippen molar-refractivity contribution in [3.05, 3.63) is 71.9 Å². The highest BCUT2D eigenvalue weighted by Crippen LogP contribution is 2.22. The molecule has 3 aromatic rings. The minimum atomic E-state index is -0.292. The van der Waals surface area contributed by atoms with Crippen LogP contribution in [0.2, 0.25) is 0 Å². The summed E-state index contributed by atoms with van der Waals surface area (Å²) in [5, 5.41) is 6.68. The van der Waals surface area contributed by atoms with E-state index in [0.29, 0.717) is 18.7 Å². The number of nitrogens with zero attached hydrogens (tertiary/aromatic N) is 2. The highest BCUT2D eigenvalue weighted by Gasteiger charge is 2.21. The zero-order valence-corrected chi connectivity index (χ0v) is 14.7. The molecule has 1 aliphatic heterocycles. The fraction of sp³-hybridized carbons (Fsp3) is 0.190. The molecule has 6 nitrogen and oxygen atoms in total. The summed E-state index contributed by atoms with van der Waals surface area (Å²) in [5.41, 5.74) is 2.96. The van der Waals surface area contributed by atoms with Crippen molar-refractivity contribution in [2.24, 2.45) is 0 Å². The number of carbonyl (C=O) groups excluding carboxylic acids is 2. The van der Waals surface area contributed by atoms with E-state index < -0.39 is 0 Å². The molecule has 1 saturated heterocycles. The number of hydrogen-bond acceptors (Lipinski definition) is 4. The number of nitrogens with one attached hydrogen (secondary N) is 1. The van der Waals surface area contributed by atoms with Crippen LogP contribution >= 0.6 is 0 Å². The second-order valence-electron chi connectivity index (χ2n) is 6.44. The van der Waals surface area contributed by atoms with Crippen LogP contribution in [0.1, 0.15) is 28.9 Å². The second kappa shape index (κ2) is 7.45. The standard InChI is InChI=1S/C21H19N3O3/c25-20-7-4-12-24(20)17-10-8-15(9-11-17)14-22-21(26)18-13-19(27-23-18)16-5-2-1-3-6-16/h1-3,5-6,8-11,13H,4,7,12,14H2,(H,22,26). The van der Waals surface area contributed by atoms with Gasteiger partial charge in [-0.2, -0.15) is 0 Å². The van der Waals surface area contributed by atoms with Gasteiger partial charge >= 0.3 is 0 Å². The predicted octanol–water partition coefficient (Wildman–Crippen LogP) is 3.40. The van der Waals surface area contributed by atoms with Gasteiger partial charge in [0.05, 0.1) is 0 Å². The Morgan fingerprint density at radius 3 is 2.59 bits per heavy atom. The van der Waals surface area contributed by atoms with E-state index in [4.69, 9.17) is 4.52 Å². The summed E-state index contributed by atoms with van der Waals surface area (Å²) < 4.78 is 5.26. The molecular formula is C21H19N3O3. The first-order chi connectivity index (χ1) is 13.2. The molecule has 2 amide bonds. The van der Waals surface area contributed by atoms with Gasteiger partial charge in [-0.25, -0.2) is 0 Å². The van der Waals surface area contributed by atoms with Crippen LogP contribution in [0.3, 0.4) is 0 Å². The van der Waals surface area contributed by atoms with E-state index >= 15 is 0 Å². The van der Waals surface area contributed by atoms with Gasteiger partial charge < -0.3 is 14.7 Å². The van der Waals surface area contributed by atoms with Crippen molar-refractivity contribution in [2.75, 3.05) is 11.4 Å². The lowest BCUT2D eigenvalue weighted by Crippen LogP contribution is -2.24. The maximum absolute atomic E-state index is 12.3. The van der Waals surface area contributed by atoms with Gasteiger partial charge in [0.2, 0.25) is 5.91 Å². The van der Waals surface area contributed by atoms with Crippen molar-refractivity contribution in [3.8, 4) is 11.3 Å². The molecule has 4 rings (SSSR count). The monoisotopic (exact) mass is 361 g/mol. The number of benzene rings is 2. The van der Waals surface area contributed by atoms with Gasteiger partial charge in [-0.3, -0.25) is 9.59 Å². The van der Waals surface area contributed by atoms with Crippen LogP contribution in [-0.2, 0) is 11.3 Å². The third-order valence-corrected chi connectivity index (χ3v) is 4.58. The smallest absolute Gasteiger partial charge is 0.273 e. The molecule has 6 heteroatoms. The molecule has 1 N–H and O–H groups in total. The van der Waals surface area contributed by atoms with Crippen molar-refractivity contribution in [1.29, 1.82) is 0 Å². The average Bonchev–Trinajstić information content (AvgIpc) is 3.37. The maximum atomic E-state index is 12.3. The van der Waals surface area contributed by atoms with Crippen LogP contribution in [0.25, 0.3) is 11.3 Å². The molecular weight excluding hydrogens is 342 g/mol. The number of rotatable bonds is 5. The number of carbonyl (C=O) groups is 2. The van der Waals surface area contributed by atoms with Crippen molar-refractivity contribution in [2.45, 2.75) is 19.4 Å². The summed E-state index contributed by atoms with van der Waals surface area (Å²) in [6.45, 7) is 1.14. The Balaban J connectivity index is 1.37. The van der Waals surface area contributed by atoms with Gasteiger partial charge in [-0.1, -0.05) is 47.6 Å². The lowest BCUT2D eigenvalue weighted by Gasteiger charge is -2.16. The summed E-state index contributed by atoms with van der Waals surface area (Å²) in [4.78, 5) is 25.9. The molecule has 27 heavy (non-hydrogen) atoms. The molecule has 0 bridgehead atoms. The van der Waals surface area contributed by atoms with E-state index in [0.717, 1.165) is 29.8 Å². The topological polar surface area (TPSA) is 75.4 Å². The normalized spacial score (nSPS) is 13.8. The Morgan fingerprint density at radius 1 is 1.11 bits per heavy atom. The average molecular weight is 361 g/mol. The predicted molar refractivity (Wildman–Crippen MR) is 101 cm³/mol. The Hall–Kier alpha value is -3.41. The van der Waals surface area contributed by atoms with Gasteiger partial charge in [0, 0.05) is 36.8 Å². The summed E-state index contributed by atoms with van der Waals surface area (Å²) in [6.07, 6.45) is 1.51. The largest absolute Gasteiger partial charge is 0.355 e. The Kier molecular flexibility index (Phi) is 4.70. The fourth-order valence-corrected chi connectivity index (χ4v) is 3.11. The molecule has 2 heterocycles. The van der Waals surface area contributed by atoms with E-state index in [1.165, 1.54) is 0 Å². The first-order valence-electron chi connectivity index (χ1n) is 8.90. The van der Waals surface area contributed by atoms with Gasteiger partial charge in [0.15, 0.2) is 11.5 Å². The van der Waals surface area contributed by atoms with Gasteiger partial charge in [-0.15, -0.1) is 0 Å². The summed E-state index contributed by atoms with van der Waals surface area (Å²) in [5.74, 6) is 0.427. The molecule has 0 saturated carbocycles. The van der Waals surface area contributed by atoms with Crippen LogP contribution in [0, 0.1) is 0 Å².